The first-order chi connectivity index (χ1) is 9.41. The quantitative estimate of drug-likeness (QED) is 0.710. The van der Waals surface area contributed by atoms with Crippen LogP contribution in [0.15, 0.2) is 0 Å². The monoisotopic (exact) mass is 285 g/mol. The van der Waals surface area contributed by atoms with E-state index in [9.17, 15) is 5.11 Å². The molecule has 2 N–H and O–H groups in total. The Labute approximate surface area is 125 Å². The van der Waals surface area contributed by atoms with Crippen molar-refractivity contribution in [3.05, 3.63) is 0 Å². The maximum atomic E-state index is 9.68. The highest BCUT2D eigenvalue weighted by Gasteiger charge is 2.29. The number of aliphatic hydroxyl groups excluding tert-OH is 1. The largest absolute Gasteiger partial charge is 0.394 e. The van der Waals surface area contributed by atoms with Gasteiger partial charge in [0.2, 0.25) is 0 Å². The van der Waals surface area contributed by atoms with Gasteiger partial charge < -0.3 is 10.4 Å². The van der Waals surface area contributed by atoms with Gasteiger partial charge in [-0.05, 0) is 47.1 Å². The summed E-state index contributed by atoms with van der Waals surface area (Å²) in [6.07, 6.45) is 2.11. The number of nitrogens with zero attached hydrogens (tertiary/aromatic N) is 2. The molecule has 0 aliphatic carbocycles. The Kier molecular flexibility index (Phi) is 7.45. The highest BCUT2D eigenvalue weighted by atomic mass is 16.3. The summed E-state index contributed by atoms with van der Waals surface area (Å²) >= 11 is 0. The topological polar surface area (TPSA) is 38.7 Å². The fourth-order valence-electron chi connectivity index (χ4n) is 3.10. The van der Waals surface area contributed by atoms with Gasteiger partial charge in [0.1, 0.15) is 0 Å². The lowest BCUT2D eigenvalue weighted by Crippen LogP contribution is -2.55. The Balaban J connectivity index is 2.44. The zero-order chi connectivity index (χ0) is 15.2. The second kappa shape index (κ2) is 8.32. The van der Waals surface area contributed by atoms with Crippen molar-refractivity contribution >= 4 is 0 Å². The van der Waals surface area contributed by atoms with Crippen molar-refractivity contribution in [2.45, 2.75) is 65.1 Å². The molecule has 0 amide bonds. The first kappa shape index (κ1) is 17.9. The van der Waals surface area contributed by atoms with Gasteiger partial charge in [0.05, 0.1) is 6.61 Å². The van der Waals surface area contributed by atoms with Gasteiger partial charge in [0.15, 0.2) is 0 Å². The number of piperazine rings is 1. The standard InChI is InChI=1S/C16H35N3O/c1-6-7-17-16(5,13-20)12-15(4)19-10-8-18(9-11-19)14(2)3/h14-15,17,20H,6-13H2,1-5H3. The molecule has 0 saturated carbocycles. The van der Waals surface area contributed by atoms with E-state index in [4.69, 9.17) is 0 Å². The summed E-state index contributed by atoms with van der Waals surface area (Å²) in [6.45, 7) is 17.0. The molecule has 2 atom stereocenters. The molecular weight excluding hydrogens is 250 g/mol. The summed E-state index contributed by atoms with van der Waals surface area (Å²) in [5, 5.41) is 13.2. The highest BCUT2D eigenvalue weighted by Crippen LogP contribution is 2.18. The van der Waals surface area contributed by atoms with Crippen LogP contribution in [0.3, 0.4) is 0 Å². The van der Waals surface area contributed by atoms with Crippen molar-refractivity contribution in [1.82, 2.24) is 15.1 Å². The van der Waals surface area contributed by atoms with Gasteiger partial charge in [0.25, 0.3) is 0 Å². The van der Waals surface area contributed by atoms with Crippen LogP contribution in [-0.4, -0.2) is 71.9 Å². The molecule has 1 fully saturated rings. The van der Waals surface area contributed by atoms with Crippen LogP contribution in [0.25, 0.3) is 0 Å². The molecule has 2 unspecified atom stereocenters. The van der Waals surface area contributed by atoms with E-state index in [1.165, 1.54) is 13.1 Å². The molecule has 1 heterocycles. The van der Waals surface area contributed by atoms with Crippen LogP contribution in [0.5, 0.6) is 0 Å². The Bertz CT molecular complexity index is 264. The summed E-state index contributed by atoms with van der Waals surface area (Å²) in [4.78, 5) is 5.12. The molecule has 20 heavy (non-hydrogen) atoms. The van der Waals surface area contributed by atoms with Crippen molar-refractivity contribution < 1.29 is 5.11 Å². The van der Waals surface area contributed by atoms with Gasteiger partial charge in [0, 0.05) is 43.8 Å². The van der Waals surface area contributed by atoms with Crippen molar-refractivity contribution in [2.75, 3.05) is 39.3 Å². The molecular formula is C16H35N3O. The van der Waals surface area contributed by atoms with E-state index >= 15 is 0 Å². The maximum absolute atomic E-state index is 9.68. The van der Waals surface area contributed by atoms with Gasteiger partial charge in [-0.1, -0.05) is 6.92 Å². The molecule has 1 aliphatic rings. The summed E-state index contributed by atoms with van der Waals surface area (Å²) in [6, 6.07) is 1.17. The van der Waals surface area contributed by atoms with Gasteiger partial charge in [-0.15, -0.1) is 0 Å². The highest BCUT2D eigenvalue weighted by molar-refractivity contribution is 4.88. The molecule has 0 aromatic rings. The predicted molar refractivity (Wildman–Crippen MR) is 86.1 cm³/mol. The number of hydrogen-bond acceptors (Lipinski definition) is 4. The van der Waals surface area contributed by atoms with Crippen molar-refractivity contribution in [2.24, 2.45) is 0 Å². The summed E-state index contributed by atoms with van der Waals surface area (Å²) in [5.41, 5.74) is -0.148. The fourth-order valence-corrected chi connectivity index (χ4v) is 3.10. The lowest BCUT2D eigenvalue weighted by atomic mass is 9.93. The van der Waals surface area contributed by atoms with Crippen LogP contribution in [-0.2, 0) is 0 Å². The van der Waals surface area contributed by atoms with Crippen LogP contribution >= 0.6 is 0 Å². The summed E-state index contributed by atoms with van der Waals surface area (Å²) < 4.78 is 0. The molecule has 4 heteroatoms. The van der Waals surface area contributed by atoms with Crippen LogP contribution in [0.1, 0.15) is 47.5 Å². The number of hydrogen-bond donors (Lipinski definition) is 2. The normalized spacial score (nSPS) is 22.9. The maximum Gasteiger partial charge on any atom is 0.0611 e. The minimum atomic E-state index is -0.148. The van der Waals surface area contributed by atoms with Crippen molar-refractivity contribution in [3.8, 4) is 0 Å². The van der Waals surface area contributed by atoms with Crippen LogP contribution in [0.4, 0.5) is 0 Å². The fraction of sp³-hybridized carbons (Fsp3) is 1.00. The average Bonchev–Trinajstić information content (AvgIpc) is 2.45. The van der Waals surface area contributed by atoms with Crippen LogP contribution < -0.4 is 5.32 Å². The number of nitrogens with one attached hydrogen (secondary N) is 1. The molecule has 0 aromatic carbocycles. The molecule has 1 saturated heterocycles. The Morgan fingerprint density at radius 2 is 1.65 bits per heavy atom. The minimum absolute atomic E-state index is 0.148. The minimum Gasteiger partial charge on any atom is -0.394 e. The molecule has 120 valence electrons. The Morgan fingerprint density at radius 3 is 2.10 bits per heavy atom. The van der Waals surface area contributed by atoms with Crippen molar-refractivity contribution in [3.63, 3.8) is 0 Å². The zero-order valence-corrected chi connectivity index (χ0v) is 14.2. The number of aliphatic hydroxyl groups is 1. The molecule has 0 aromatic heterocycles. The van der Waals surface area contributed by atoms with E-state index in [0.717, 1.165) is 32.5 Å². The van der Waals surface area contributed by atoms with E-state index in [0.29, 0.717) is 12.1 Å². The lowest BCUT2D eigenvalue weighted by Gasteiger charge is -2.42. The molecule has 1 rings (SSSR count). The van der Waals surface area contributed by atoms with Gasteiger partial charge in [-0.3, -0.25) is 9.80 Å². The predicted octanol–water partition coefficient (Wildman–Crippen LogP) is 1.54. The van der Waals surface area contributed by atoms with E-state index < -0.39 is 0 Å². The van der Waals surface area contributed by atoms with Gasteiger partial charge in [-0.2, -0.15) is 0 Å². The summed E-state index contributed by atoms with van der Waals surface area (Å²) in [5.74, 6) is 0. The van der Waals surface area contributed by atoms with E-state index in [-0.39, 0.29) is 12.1 Å². The SMILES string of the molecule is CCCNC(C)(CO)CC(C)N1CCN(C(C)C)CC1. The second-order valence-electron chi connectivity index (χ2n) is 6.86. The average molecular weight is 285 g/mol. The third-order valence-corrected chi connectivity index (χ3v) is 4.60. The first-order valence-electron chi connectivity index (χ1n) is 8.26. The van der Waals surface area contributed by atoms with Gasteiger partial charge >= 0.3 is 0 Å². The third-order valence-electron chi connectivity index (χ3n) is 4.60. The van der Waals surface area contributed by atoms with E-state index in [1.54, 1.807) is 0 Å². The zero-order valence-electron chi connectivity index (χ0n) is 14.2. The molecule has 0 bridgehead atoms. The molecule has 0 spiro atoms. The molecule has 1 aliphatic heterocycles. The second-order valence-corrected chi connectivity index (χ2v) is 6.86. The van der Waals surface area contributed by atoms with E-state index in [1.807, 2.05) is 0 Å². The third kappa shape index (κ3) is 5.32. The van der Waals surface area contributed by atoms with Crippen LogP contribution in [0, 0.1) is 0 Å². The van der Waals surface area contributed by atoms with Crippen molar-refractivity contribution in [1.29, 1.82) is 0 Å². The molecule has 4 nitrogen and oxygen atoms in total. The lowest BCUT2D eigenvalue weighted by molar-refractivity contribution is 0.0601. The molecule has 0 radical (unpaired) electrons. The first-order valence-corrected chi connectivity index (χ1v) is 8.26. The smallest absolute Gasteiger partial charge is 0.0611 e. The van der Waals surface area contributed by atoms with Gasteiger partial charge in [-0.25, -0.2) is 0 Å². The Hall–Kier alpha value is -0.160. The number of rotatable bonds is 8. The summed E-state index contributed by atoms with van der Waals surface area (Å²) in [7, 11) is 0. The van der Waals surface area contributed by atoms with Crippen LogP contribution in [0.2, 0.25) is 0 Å². The Morgan fingerprint density at radius 1 is 1.10 bits per heavy atom. The van der Waals surface area contributed by atoms with E-state index in [2.05, 4.69) is 49.7 Å².